The molecule has 0 aliphatic heterocycles. The molecule has 0 atom stereocenters. The fourth-order valence-corrected chi connectivity index (χ4v) is 2.62. The SMILES string of the molecule is O=C(Nc1cccc(Cl)c1)c1c[nH]c(=O)n(-c2ccc(F)c(Cl)c2)c1=O. The minimum Gasteiger partial charge on any atom is -0.322 e. The van der Waals surface area contributed by atoms with E-state index in [1.165, 1.54) is 12.1 Å². The van der Waals surface area contributed by atoms with Crippen molar-refractivity contribution in [1.29, 1.82) is 0 Å². The van der Waals surface area contributed by atoms with Crippen LogP contribution in [0.5, 0.6) is 0 Å². The highest BCUT2D eigenvalue weighted by Gasteiger charge is 2.17. The Balaban J connectivity index is 2.04. The second-order valence-electron chi connectivity index (χ2n) is 5.21. The molecule has 1 aromatic heterocycles. The summed E-state index contributed by atoms with van der Waals surface area (Å²) in [5.41, 5.74) is -1.58. The van der Waals surface area contributed by atoms with Crippen LogP contribution in [-0.4, -0.2) is 15.5 Å². The Bertz CT molecular complexity index is 1120. The number of aromatic nitrogens is 2. The van der Waals surface area contributed by atoms with Crippen LogP contribution in [0.15, 0.2) is 58.3 Å². The predicted octanol–water partition coefficient (Wildman–Crippen LogP) is 3.22. The summed E-state index contributed by atoms with van der Waals surface area (Å²) >= 11 is 11.5. The quantitative estimate of drug-likeness (QED) is 0.716. The van der Waals surface area contributed by atoms with Gasteiger partial charge in [-0.3, -0.25) is 9.59 Å². The average Bonchev–Trinajstić information content (AvgIpc) is 2.58. The van der Waals surface area contributed by atoms with Crippen LogP contribution in [0.4, 0.5) is 10.1 Å². The highest BCUT2D eigenvalue weighted by molar-refractivity contribution is 6.31. The van der Waals surface area contributed by atoms with Crippen molar-refractivity contribution in [2.24, 2.45) is 0 Å². The second-order valence-corrected chi connectivity index (χ2v) is 6.05. The normalized spacial score (nSPS) is 10.6. The molecule has 0 aliphatic carbocycles. The lowest BCUT2D eigenvalue weighted by atomic mass is 10.2. The van der Waals surface area contributed by atoms with Crippen LogP contribution in [0.25, 0.3) is 5.69 Å². The molecular formula is C17H10Cl2FN3O3. The number of H-pyrrole nitrogens is 1. The molecule has 6 nitrogen and oxygen atoms in total. The van der Waals surface area contributed by atoms with E-state index in [-0.39, 0.29) is 16.3 Å². The topological polar surface area (TPSA) is 84.0 Å². The van der Waals surface area contributed by atoms with Gasteiger partial charge in [0, 0.05) is 16.9 Å². The first kappa shape index (κ1) is 17.9. The van der Waals surface area contributed by atoms with Crippen molar-refractivity contribution in [1.82, 2.24) is 9.55 Å². The van der Waals surface area contributed by atoms with Gasteiger partial charge in [0.2, 0.25) is 0 Å². The molecule has 1 heterocycles. The van der Waals surface area contributed by atoms with Gasteiger partial charge in [-0.15, -0.1) is 0 Å². The summed E-state index contributed by atoms with van der Waals surface area (Å²) in [6.07, 6.45) is 1.01. The molecule has 0 saturated carbocycles. The van der Waals surface area contributed by atoms with Crippen LogP contribution in [0.3, 0.4) is 0 Å². The minimum absolute atomic E-state index is 0.0278. The molecule has 26 heavy (non-hydrogen) atoms. The maximum atomic E-state index is 13.3. The third-order valence-electron chi connectivity index (χ3n) is 3.47. The van der Waals surface area contributed by atoms with Crippen LogP contribution >= 0.6 is 23.2 Å². The van der Waals surface area contributed by atoms with Gasteiger partial charge in [0.1, 0.15) is 11.4 Å². The molecule has 0 radical (unpaired) electrons. The van der Waals surface area contributed by atoms with Gasteiger partial charge >= 0.3 is 5.69 Å². The smallest absolute Gasteiger partial charge is 0.322 e. The van der Waals surface area contributed by atoms with Crippen LogP contribution in [0.2, 0.25) is 10.0 Å². The number of anilines is 1. The van der Waals surface area contributed by atoms with Crippen molar-refractivity contribution in [3.05, 3.63) is 90.9 Å². The summed E-state index contributed by atoms with van der Waals surface area (Å²) in [5.74, 6) is -1.44. The number of amides is 1. The minimum atomic E-state index is -0.879. The van der Waals surface area contributed by atoms with Gasteiger partial charge in [-0.2, -0.15) is 0 Å². The zero-order chi connectivity index (χ0) is 18.8. The number of carbonyl (C=O) groups excluding carboxylic acids is 1. The zero-order valence-corrected chi connectivity index (χ0v) is 14.4. The van der Waals surface area contributed by atoms with E-state index in [0.29, 0.717) is 15.3 Å². The fourth-order valence-electron chi connectivity index (χ4n) is 2.26. The maximum Gasteiger partial charge on any atom is 0.333 e. The molecule has 1 amide bonds. The number of nitrogens with zero attached hydrogens (tertiary/aromatic N) is 1. The number of nitrogens with one attached hydrogen (secondary N) is 2. The van der Waals surface area contributed by atoms with E-state index in [1.54, 1.807) is 18.2 Å². The summed E-state index contributed by atoms with van der Waals surface area (Å²) < 4.78 is 14.0. The average molecular weight is 394 g/mol. The molecule has 132 valence electrons. The van der Waals surface area contributed by atoms with Gasteiger partial charge in [0.15, 0.2) is 0 Å². The monoisotopic (exact) mass is 393 g/mol. The molecular weight excluding hydrogens is 384 g/mol. The molecule has 0 fully saturated rings. The van der Waals surface area contributed by atoms with E-state index in [1.807, 2.05) is 0 Å². The van der Waals surface area contributed by atoms with Gasteiger partial charge in [-0.25, -0.2) is 13.8 Å². The Kier molecular flexibility index (Phi) is 4.92. The Labute approximate surface area is 155 Å². The first-order valence-electron chi connectivity index (χ1n) is 7.24. The molecule has 9 heteroatoms. The van der Waals surface area contributed by atoms with Gasteiger partial charge in [0.25, 0.3) is 11.5 Å². The van der Waals surface area contributed by atoms with Crippen LogP contribution in [0.1, 0.15) is 10.4 Å². The molecule has 0 unspecified atom stereocenters. The Morgan fingerprint density at radius 3 is 2.58 bits per heavy atom. The summed E-state index contributed by atoms with van der Waals surface area (Å²) in [6.45, 7) is 0. The number of benzene rings is 2. The van der Waals surface area contributed by atoms with Gasteiger partial charge in [-0.05, 0) is 36.4 Å². The van der Waals surface area contributed by atoms with E-state index in [0.717, 1.165) is 18.3 Å². The third-order valence-corrected chi connectivity index (χ3v) is 3.99. The largest absolute Gasteiger partial charge is 0.333 e. The molecule has 2 N–H and O–H groups in total. The van der Waals surface area contributed by atoms with Crippen LogP contribution in [0, 0.1) is 5.82 Å². The van der Waals surface area contributed by atoms with E-state index < -0.39 is 23.0 Å². The number of hydrogen-bond donors (Lipinski definition) is 2. The molecule has 0 bridgehead atoms. The predicted molar refractivity (Wildman–Crippen MR) is 97.0 cm³/mol. The lowest BCUT2D eigenvalue weighted by Gasteiger charge is -2.09. The van der Waals surface area contributed by atoms with Crippen molar-refractivity contribution >= 4 is 34.8 Å². The molecule has 0 spiro atoms. The molecule has 0 saturated heterocycles. The first-order chi connectivity index (χ1) is 12.4. The van der Waals surface area contributed by atoms with Gasteiger partial charge in [0.05, 0.1) is 10.7 Å². The van der Waals surface area contributed by atoms with Gasteiger partial charge < -0.3 is 10.3 Å². The first-order valence-corrected chi connectivity index (χ1v) is 7.99. The molecule has 0 aliphatic rings. The Hall–Kier alpha value is -2.90. The van der Waals surface area contributed by atoms with Crippen LogP contribution in [-0.2, 0) is 0 Å². The number of carbonyl (C=O) groups is 1. The number of rotatable bonds is 3. The maximum absolute atomic E-state index is 13.3. The summed E-state index contributed by atoms with van der Waals surface area (Å²) in [5, 5.41) is 2.66. The summed E-state index contributed by atoms with van der Waals surface area (Å²) in [7, 11) is 0. The van der Waals surface area contributed by atoms with Gasteiger partial charge in [-0.1, -0.05) is 29.3 Å². The fraction of sp³-hybridized carbons (Fsp3) is 0. The van der Waals surface area contributed by atoms with Crippen molar-refractivity contribution in [3.63, 3.8) is 0 Å². The van der Waals surface area contributed by atoms with Crippen molar-refractivity contribution in [2.45, 2.75) is 0 Å². The van der Waals surface area contributed by atoms with Crippen molar-refractivity contribution in [3.8, 4) is 5.69 Å². The van der Waals surface area contributed by atoms with Crippen molar-refractivity contribution < 1.29 is 9.18 Å². The van der Waals surface area contributed by atoms with Crippen LogP contribution < -0.4 is 16.6 Å². The standard InChI is InChI=1S/C17H10Cl2FN3O3/c18-9-2-1-3-10(6-9)22-15(24)12-8-21-17(26)23(16(12)25)11-4-5-14(20)13(19)7-11/h1-8H,(H,21,26)(H,22,24). The van der Waals surface area contributed by atoms with E-state index in [9.17, 15) is 18.8 Å². The van der Waals surface area contributed by atoms with E-state index in [2.05, 4.69) is 10.3 Å². The number of hydrogen-bond acceptors (Lipinski definition) is 3. The number of halogens is 3. The number of aromatic amines is 1. The van der Waals surface area contributed by atoms with E-state index >= 15 is 0 Å². The lowest BCUT2D eigenvalue weighted by Crippen LogP contribution is -2.38. The highest BCUT2D eigenvalue weighted by Crippen LogP contribution is 2.18. The molecule has 2 aromatic carbocycles. The Morgan fingerprint density at radius 1 is 1.12 bits per heavy atom. The van der Waals surface area contributed by atoms with E-state index in [4.69, 9.17) is 23.2 Å². The lowest BCUT2D eigenvalue weighted by molar-refractivity contribution is 0.102. The molecule has 3 aromatic rings. The second kappa shape index (κ2) is 7.15. The zero-order valence-electron chi connectivity index (χ0n) is 12.9. The summed E-state index contributed by atoms with van der Waals surface area (Å²) in [6, 6.07) is 9.69. The summed E-state index contributed by atoms with van der Waals surface area (Å²) in [4.78, 5) is 39.3. The highest BCUT2D eigenvalue weighted by atomic mass is 35.5. The third kappa shape index (κ3) is 3.54. The van der Waals surface area contributed by atoms with Crippen molar-refractivity contribution in [2.75, 3.05) is 5.32 Å². The Morgan fingerprint density at radius 2 is 1.88 bits per heavy atom. The molecule has 3 rings (SSSR count).